The molecular formula is C10H20N2O5. The van der Waals surface area contributed by atoms with Gasteiger partial charge < -0.3 is 25.6 Å². The smallest absolute Gasteiger partial charge is 0.328 e. The molecule has 0 aromatic heterocycles. The van der Waals surface area contributed by atoms with Gasteiger partial charge in [0, 0.05) is 6.61 Å². The van der Waals surface area contributed by atoms with Crippen molar-refractivity contribution in [3.63, 3.8) is 0 Å². The summed E-state index contributed by atoms with van der Waals surface area (Å²) in [5, 5.41) is 22.6. The SMILES string of the molecule is CCOCC(C)NC(=O)NC(C(=O)O)C(C)O. The standard InChI is InChI=1S/C10H20N2O5/c1-4-17-5-6(2)11-10(16)12-8(7(3)13)9(14)15/h6-8,13H,4-5H2,1-3H3,(H,14,15)(H2,11,12,16). The van der Waals surface area contributed by atoms with E-state index < -0.39 is 24.1 Å². The molecule has 0 radical (unpaired) electrons. The van der Waals surface area contributed by atoms with Crippen LogP contribution in [0, 0.1) is 0 Å². The number of carbonyl (C=O) groups excluding carboxylic acids is 1. The molecule has 3 unspecified atom stereocenters. The van der Waals surface area contributed by atoms with E-state index in [9.17, 15) is 9.59 Å². The van der Waals surface area contributed by atoms with Crippen molar-refractivity contribution in [2.24, 2.45) is 0 Å². The molecule has 7 nitrogen and oxygen atoms in total. The van der Waals surface area contributed by atoms with Crippen LogP contribution in [-0.4, -0.2) is 53.6 Å². The zero-order chi connectivity index (χ0) is 13.4. The van der Waals surface area contributed by atoms with E-state index in [1.807, 2.05) is 6.92 Å². The molecule has 3 atom stereocenters. The summed E-state index contributed by atoms with van der Waals surface area (Å²) in [7, 11) is 0. The number of nitrogens with one attached hydrogen (secondary N) is 2. The first-order valence-electron chi connectivity index (χ1n) is 5.44. The largest absolute Gasteiger partial charge is 0.480 e. The third kappa shape index (κ3) is 6.75. The molecule has 7 heteroatoms. The lowest BCUT2D eigenvalue weighted by molar-refractivity contribution is -0.141. The molecule has 0 saturated heterocycles. The van der Waals surface area contributed by atoms with E-state index in [-0.39, 0.29) is 6.04 Å². The molecule has 0 aliphatic carbocycles. The molecule has 100 valence electrons. The van der Waals surface area contributed by atoms with E-state index in [1.54, 1.807) is 6.92 Å². The highest BCUT2D eigenvalue weighted by atomic mass is 16.5. The highest BCUT2D eigenvalue weighted by Crippen LogP contribution is 1.93. The average molecular weight is 248 g/mol. The Hall–Kier alpha value is -1.34. The summed E-state index contributed by atoms with van der Waals surface area (Å²) < 4.78 is 5.09. The number of aliphatic hydroxyl groups excluding tert-OH is 1. The Morgan fingerprint density at radius 2 is 1.88 bits per heavy atom. The Kier molecular flexibility index (Phi) is 7.24. The average Bonchev–Trinajstić information content (AvgIpc) is 2.22. The van der Waals surface area contributed by atoms with Gasteiger partial charge in [0.2, 0.25) is 0 Å². The number of amides is 2. The quantitative estimate of drug-likeness (QED) is 0.488. The minimum Gasteiger partial charge on any atom is -0.480 e. The fourth-order valence-corrected chi connectivity index (χ4v) is 1.13. The minimum atomic E-state index is -1.32. The van der Waals surface area contributed by atoms with Gasteiger partial charge in [-0.15, -0.1) is 0 Å². The highest BCUT2D eigenvalue weighted by Gasteiger charge is 2.25. The molecule has 0 aliphatic heterocycles. The number of carbonyl (C=O) groups is 2. The van der Waals surface area contributed by atoms with Gasteiger partial charge in [-0.1, -0.05) is 0 Å². The van der Waals surface area contributed by atoms with Crippen molar-refractivity contribution >= 4 is 12.0 Å². The number of ether oxygens (including phenoxy) is 1. The summed E-state index contributed by atoms with van der Waals surface area (Å²) in [5.74, 6) is -1.28. The third-order valence-electron chi connectivity index (χ3n) is 1.98. The lowest BCUT2D eigenvalue weighted by atomic mass is 10.2. The van der Waals surface area contributed by atoms with Crippen LogP contribution in [0.25, 0.3) is 0 Å². The molecule has 0 aromatic rings. The Bertz CT molecular complexity index is 257. The topological polar surface area (TPSA) is 108 Å². The summed E-state index contributed by atoms with van der Waals surface area (Å²) in [5.41, 5.74) is 0. The van der Waals surface area contributed by atoms with Gasteiger partial charge in [-0.3, -0.25) is 0 Å². The number of hydrogen-bond donors (Lipinski definition) is 4. The van der Waals surface area contributed by atoms with Crippen molar-refractivity contribution in [1.82, 2.24) is 10.6 Å². The molecule has 0 aliphatic rings. The van der Waals surface area contributed by atoms with E-state index in [0.29, 0.717) is 13.2 Å². The molecule has 4 N–H and O–H groups in total. The van der Waals surface area contributed by atoms with E-state index in [1.165, 1.54) is 6.92 Å². The molecule has 2 amide bonds. The number of aliphatic hydroxyl groups is 1. The Morgan fingerprint density at radius 3 is 2.29 bits per heavy atom. The monoisotopic (exact) mass is 248 g/mol. The Morgan fingerprint density at radius 1 is 1.29 bits per heavy atom. The first-order chi connectivity index (χ1) is 7.88. The van der Waals surface area contributed by atoms with Gasteiger partial charge in [-0.05, 0) is 20.8 Å². The van der Waals surface area contributed by atoms with E-state index in [2.05, 4.69) is 10.6 Å². The first kappa shape index (κ1) is 15.7. The van der Waals surface area contributed by atoms with Crippen LogP contribution < -0.4 is 10.6 Å². The fourth-order valence-electron chi connectivity index (χ4n) is 1.13. The zero-order valence-electron chi connectivity index (χ0n) is 10.3. The third-order valence-corrected chi connectivity index (χ3v) is 1.98. The van der Waals surface area contributed by atoms with Gasteiger partial charge in [0.05, 0.1) is 18.8 Å². The maximum Gasteiger partial charge on any atom is 0.328 e. The van der Waals surface area contributed by atoms with Crippen molar-refractivity contribution < 1.29 is 24.5 Å². The van der Waals surface area contributed by atoms with Crippen LogP contribution in [0.1, 0.15) is 20.8 Å². The second-order valence-electron chi connectivity index (χ2n) is 3.73. The van der Waals surface area contributed by atoms with E-state index >= 15 is 0 Å². The number of aliphatic carboxylic acids is 1. The molecule has 0 spiro atoms. The second-order valence-corrected chi connectivity index (χ2v) is 3.73. The van der Waals surface area contributed by atoms with Gasteiger partial charge in [0.15, 0.2) is 6.04 Å². The molecule has 0 bridgehead atoms. The number of carboxylic acids is 1. The number of rotatable bonds is 7. The lowest BCUT2D eigenvalue weighted by Crippen LogP contribution is -2.53. The van der Waals surface area contributed by atoms with Crippen LogP contribution >= 0.6 is 0 Å². The van der Waals surface area contributed by atoms with Crippen molar-refractivity contribution in [2.75, 3.05) is 13.2 Å². The maximum absolute atomic E-state index is 11.4. The summed E-state index contributed by atoms with van der Waals surface area (Å²) in [6.07, 6.45) is -1.17. The normalized spacial score (nSPS) is 15.8. The predicted octanol–water partition coefficient (Wildman–Crippen LogP) is -0.455. The first-order valence-corrected chi connectivity index (χ1v) is 5.44. The molecule has 0 fully saturated rings. The molecule has 0 heterocycles. The van der Waals surface area contributed by atoms with Crippen LogP contribution in [-0.2, 0) is 9.53 Å². The van der Waals surface area contributed by atoms with Crippen molar-refractivity contribution in [3.05, 3.63) is 0 Å². The molecule has 0 saturated carbocycles. The molecule has 17 heavy (non-hydrogen) atoms. The number of hydrogen-bond acceptors (Lipinski definition) is 4. The second kappa shape index (κ2) is 7.86. The molecule has 0 aromatic carbocycles. The van der Waals surface area contributed by atoms with Gasteiger partial charge in [0.25, 0.3) is 0 Å². The summed E-state index contributed by atoms with van der Waals surface area (Å²) in [4.78, 5) is 22.1. The van der Waals surface area contributed by atoms with Gasteiger partial charge in [0.1, 0.15) is 0 Å². The van der Waals surface area contributed by atoms with Crippen LogP contribution in [0.5, 0.6) is 0 Å². The van der Waals surface area contributed by atoms with Gasteiger partial charge >= 0.3 is 12.0 Å². The van der Waals surface area contributed by atoms with Crippen molar-refractivity contribution in [3.8, 4) is 0 Å². The molecule has 0 rings (SSSR count). The Labute approximate surface area is 100 Å². The van der Waals surface area contributed by atoms with E-state index in [0.717, 1.165) is 0 Å². The zero-order valence-corrected chi connectivity index (χ0v) is 10.3. The van der Waals surface area contributed by atoms with Crippen LogP contribution in [0.15, 0.2) is 0 Å². The van der Waals surface area contributed by atoms with Crippen LogP contribution in [0.4, 0.5) is 4.79 Å². The van der Waals surface area contributed by atoms with Gasteiger partial charge in [-0.2, -0.15) is 0 Å². The Balaban J connectivity index is 4.10. The van der Waals surface area contributed by atoms with Crippen molar-refractivity contribution in [2.45, 2.75) is 39.0 Å². The fraction of sp³-hybridized carbons (Fsp3) is 0.800. The summed E-state index contributed by atoms with van der Waals surface area (Å²) in [6.45, 7) is 5.74. The van der Waals surface area contributed by atoms with Crippen molar-refractivity contribution in [1.29, 1.82) is 0 Å². The summed E-state index contributed by atoms with van der Waals surface area (Å²) >= 11 is 0. The molecular weight excluding hydrogens is 228 g/mol. The maximum atomic E-state index is 11.4. The minimum absolute atomic E-state index is 0.238. The number of urea groups is 1. The summed E-state index contributed by atoms with van der Waals surface area (Å²) in [6, 6.07) is -2.21. The predicted molar refractivity (Wildman–Crippen MR) is 60.7 cm³/mol. The lowest BCUT2D eigenvalue weighted by Gasteiger charge is -2.19. The number of carboxylic acid groups (broad SMARTS) is 1. The highest BCUT2D eigenvalue weighted by molar-refractivity contribution is 5.83. The van der Waals surface area contributed by atoms with E-state index in [4.69, 9.17) is 14.9 Å². The van der Waals surface area contributed by atoms with Gasteiger partial charge in [-0.25, -0.2) is 9.59 Å². The van der Waals surface area contributed by atoms with Crippen LogP contribution in [0.3, 0.4) is 0 Å². The van der Waals surface area contributed by atoms with Crippen LogP contribution in [0.2, 0.25) is 0 Å².